The standard InChI is InChI=1S/C12H14N6O2S/c1-4-9-13-14-12-18(9)16-10(21-12)7-6-8(17(3)15-7)11(19)20-5-2/h6H,4-5H2,1-3H3. The summed E-state index contributed by atoms with van der Waals surface area (Å²) in [5.41, 5.74) is 1.02. The topological polar surface area (TPSA) is 87.2 Å². The molecule has 3 aromatic heterocycles. The molecule has 0 saturated carbocycles. The highest BCUT2D eigenvalue weighted by Crippen LogP contribution is 2.25. The smallest absolute Gasteiger partial charge is 0.356 e. The second-order valence-electron chi connectivity index (χ2n) is 4.33. The Labute approximate surface area is 124 Å². The van der Waals surface area contributed by atoms with Crippen LogP contribution < -0.4 is 0 Å². The summed E-state index contributed by atoms with van der Waals surface area (Å²) in [6.07, 6.45) is 0.751. The van der Waals surface area contributed by atoms with Gasteiger partial charge in [-0.05, 0) is 6.92 Å². The molecule has 3 aromatic rings. The molecule has 21 heavy (non-hydrogen) atoms. The van der Waals surface area contributed by atoms with Crippen molar-refractivity contribution in [3.8, 4) is 10.7 Å². The van der Waals surface area contributed by atoms with E-state index in [4.69, 9.17) is 4.74 Å². The molecule has 0 unspecified atom stereocenters. The minimum absolute atomic E-state index is 0.329. The van der Waals surface area contributed by atoms with Gasteiger partial charge in [0.2, 0.25) is 4.96 Å². The maximum atomic E-state index is 11.8. The van der Waals surface area contributed by atoms with Crippen molar-refractivity contribution in [1.82, 2.24) is 29.6 Å². The Morgan fingerprint density at radius 1 is 1.33 bits per heavy atom. The van der Waals surface area contributed by atoms with Gasteiger partial charge in [0, 0.05) is 19.5 Å². The summed E-state index contributed by atoms with van der Waals surface area (Å²) in [6.45, 7) is 4.09. The van der Waals surface area contributed by atoms with Crippen LogP contribution in [0, 0.1) is 0 Å². The Morgan fingerprint density at radius 2 is 2.14 bits per heavy atom. The van der Waals surface area contributed by atoms with Crippen molar-refractivity contribution in [2.75, 3.05) is 6.61 Å². The minimum Gasteiger partial charge on any atom is -0.461 e. The first-order valence-electron chi connectivity index (χ1n) is 6.56. The summed E-state index contributed by atoms with van der Waals surface area (Å²) in [5, 5.41) is 17.6. The van der Waals surface area contributed by atoms with Crippen LogP contribution in [0.3, 0.4) is 0 Å². The van der Waals surface area contributed by atoms with Crippen molar-refractivity contribution in [1.29, 1.82) is 0 Å². The van der Waals surface area contributed by atoms with Gasteiger partial charge in [0.05, 0.1) is 6.61 Å². The number of rotatable bonds is 4. The molecule has 0 amide bonds. The van der Waals surface area contributed by atoms with E-state index in [0.717, 1.165) is 12.2 Å². The normalized spacial score (nSPS) is 11.2. The van der Waals surface area contributed by atoms with Gasteiger partial charge in [-0.25, -0.2) is 4.79 Å². The summed E-state index contributed by atoms with van der Waals surface area (Å²) in [6, 6.07) is 1.68. The third-order valence-corrected chi connectivity index (χ3v) is 3.88. The van der Waals surface area contributed by atoms with E-state index in [2.05, 4.69) is 20.4 Å². The van der Waals surface area contributed by atoms with Crippen molar-refractivity contribution in [3.63, 3.8) is 0 Å². The maximum absolute atomic E-state index is 11.8. The molecule has 0 N–H and O–H groups in total. The number of esters is 1. The van der Waals surface area contributed by atoms with Crippen LogP contribution in [0.4, 0.5) is 0 Å². The Balaban J connectivity index is 2.00. The molecule has 0 fully saturated rings. The Kier molecular flexibility index (Phi) is 3.42. The van der Waals surface area contributed by atoms with Crippen LogP contribution in [0.5, 0.6) is 0 Å². The van der Waals surface area contributed by atoms with E-state index in [1.807, 2.05) is 6.92 Å². The molecule has 0 aliphatic rings. The molecular weight excluding hydrogens is 292 g/mol. The van der Waals surface area contributed by atoms with Crippen molar-refractivity contribution in [3.05, 3.63) is 17.6 Å². The Morgan fingerprint density at radius 3 is 2.86 bits per heavy atom. The number of ether oxygens (including phenoxy) is 1. The van der Waals surface area contributed by atoms with Gasteiger partial charge in [-0.3, -0.25) is 4.68 Å². The van der Waals surface area contributed by atoms with E-state index in [1.165, 1.54) is 16.0 Å². The van der Waals surface area contributed by atoms with Gasteiger partial charge in [0.1, 0.15) is 11.4 Å². The Bertz CT molecular complexity index is 802. The van der Waals surface area contributed by atoms with Gasteiger partial charge in [-0.15, -0.1) is 10.2 Å². The number of hydrogen-bond donors (Lipinski definition) is 0. The highest BCUT2D eigenvalue weighted by atomic mass is 32.1. The summed E-state index contributed by atoms with van der Waals surface area (Å²) in [7, 11) is 1.70. The number of nitrogens with zero attached hydrogens (tertiary/aromatic N) is 6. The summed E-state index contributed by atoms with van der Waals surface area (Å²) >= 11 is 1.38. The molecule has 110 valence electrons. The molecular formula is C12H14N6O2S. The summed E-state index contributed by atoms with van der Waals surface area (Å²) in [5.74, 6) is 0.407. The first kappa shape index (κ1) is 13.7. The molecule has 0 aliphatic carbocycles. The van der Waals surface area contributed by atoms with Crippen molar-refractivity contribution < 1.29 is 9.53 Å². The number of carbonyl (C=O) groups excluding carboxylic acids is 1. The molecule has 0 aliphatic heterocycles. The molecule has 0 aromatic carbocycles. The highest BCUT2D eigenvalue weighted by molar-refractivity contribution is 7.19. The zero-order chi connectivity index (χ0) is 15.0. The number of hydrogen-bond acceptors (Lipinski definition) is 7. The van der Waals surface area contributed by atoms with Crippen LogP contribution in [-0.4, -0.2) is 42.2 Å². The van der Waals surface area contributed by atoms with E-state index in [0.29, 0.717) is 28.0 Å². The average molecular weight is 306 g/mol. The first-order valence-corrected chi connectivity index (χ1v) is 7.38. The van der Waals surface area contributed by atoms with Crippen LogP contribution in [-0.2, 0) is 18.2 Å². The number of carbonyl (C=O) groups is 1. The SMILES string of the molecule is CCOC(=O)c1cc(-c2nn3c(CC)nnc3s2)nn1C. The molecule has 3 rings (SSSR count). The lowest BCUT2D eigenvalue weighted by atomic mass is 10.3. The van der Waals surface area contributed by atoms with Gasteiger partial charge in [0.15, 0.2) is 10.8 Å². The van der Waals surface area contributed by atoms with Gasteiger partial charge in [0.25, 0.3) is 0 Å². The minimum atomic E-state index is -0.393. The van der Waals surface area contributed by atoms with Crippen molar-refractivity contribution in [2.45, 2.75) is 20.3 Å². The van der Waals surface area contributed by atoms with E-state index in [-0.39, 0.29) is 0 Å². The zero-order valence-electron chi connectivity index (χ0n) is 11.9. The molecule has 0 radical (unpaired) electrons. The predicted octanol–water partition coefficient (Wildman–Crippen LogP) is 1.33. The molecule has 0 bridgehead atoms. The highest BCUT2D eigenvalue weighted by Gasteiger charge is 2.19. The van der Waals surface area contributed by atoms with E-state index in [9.17, 15) is 4.79 Å². The van der Waals surface area contributed by atoms with E-state index in [1.54, 1.807) is 24.6 Å². The zero-order valence-corrected chi connectivity index (χ0v) is 12.7. The van der Waals surface area contributed by atoms with Crippen LogP contribution in [0.15, 0.2) is 6.07 Å². The molecule has 0 atom stereocenters. The maximum Gasteiger partial charge on any atom is 0.356 e. The van der Waals surface area contributed by atoms with E-state index >= 15 is 0 Å². The lowest BCUT2D eigenvalue weighted by Crippen LogP contribution is -2.10. The molecule has 0 spiro atoms. The third-order valence-electron chi connectivity index (χ3n) is 2.96. The first-order chi connectivity index (χ1) is 10.1. The van der Waals surface area contributed by atoms with Gasteiger partial charge < -0.3 is 4.74 Å². The van der Waals surface area contributed by atoms with Crippen LogP contribution >= 0.6 is 11.3 Å². The summed E-state index contributed by atoms with van der Waals surface area (Å²) < 4.78 is 8.20. The van der Waals surface area contributed by atoms with Gasteiger partial charge in [-0.1, -0.05) is 18.3 Å². The Hall–Kier alpha value is -2.29. The van der Waals surface area contributed by atoms with E-state index < -0.39 is 5.97 Å². The number of aromatic nitrogens is 6. The molecule has 3 heterocycles. The molecule has 8 nitrogen and oxygen atoms in total. The fourth-order valence-electron chi connectivity index (χ4n) is 1.95. The quantitative estimate of drug-likeness (QED) is 0.676. The van der Waals surface area contributed by atoms with Crippen molar-refractivity contribution in [2.24, 2.45) is 7.05 Å². The van der Waals surface area contributed by atoms with Crippen LogP contribution in [0.25, 0.3) is 15.7 Å². The second-order valence-corrected chi connectivity index (χ2v) is 5.29. The second kappa shape index (κ2) is 5.24. The largest absolute Gasteiger partial charge is 0.461 e. The van der Waals surface area contributed by atoms with Gasteiger partial charge >= 0.3 is 5.97 Å². The average Bonchev–Trinajstić information content (AvgIpc) is 3.11. The summed E-state index contributed by atoms with van der Waals surface area (Å²) in [4.78, 5) is 12.5. The predicted molar refractivity (Wildman–Crippen MR) is 76.2 cm³/mol. The fraction of sp³-hybridized carbons (Fsp3) is 0.417. The number of aryl methyl sites for hydroxylation is 2. The third kappa shape index (κ3) is 2.29. The monoisotopic (exact) mass is 306 g/mol. The lowest BCUT2D eigenvalue weighted by Gasteiger charge is -1.99. The molecule has 0 saturated heterocycles. The lowest BCUT2D eigenvalue weighted by molar-refractivity contribution is 0.0513. The van der Waals surface area contributed by atoms with Crippen LogP contribution in [0.1, 0.15) is 30.2 Å². The molecule has 9 heteroatoms. The fourth-order valence-corrected chi connectivity index (χ4v) is 2.76. The number of fused-ring (bicyclic) bond motifs is 1. The van der Waals surface area contributed by atoms with Gasteiger partial charge in [-0.2, -0.15) is 14.7 Å². The van der Waals surface area contributed by atoms with Crippen molar-refractivity contribution >= 4 is 22.3 Å². The van der Waals surface area contributed by atoms with Crippen LogP contribution in [0.2, 0.25) is 0 Å².